The number of rotatable bonds is 2. The van der Waals surface area contributed by atoms with E-state index >= 15 is 0 Å². The Hall–Kier alpha value is -1.89. The molecular formula is C19H26N4O2S. The molecule has 1 saturated heterocycles. The van der Waals surface area contributed by atoms with Gasteiger partial charge in [-0.2, -0.15) is 0 Å². The van der Waals surface area contributed by atoms with Gasteiger partial charge in [-0.15, -0.1) is 11.3 Å². The van der Waals surface area contributed by atoms with Crippen molar-refractivity contribution in [2.45, 2.75) is 52.5 Å². The van der Waals surface area contributed by atoms with Crippen molar-refractivity contribution in [3.05, 3.63) is 20.8 Å². The van der Waals surface area contributed by atoms with Crippen LogP contribution in [0, 0.1) is 0 Å². The van der Waals surface area contributed by atoms with Gasteiger partial charge in [0.15, 0.2) is 0 Å². The van der Waals surface area contributed by atoms with Crippen LogP contribution in [0.4, 0.5) is 5.95 Å². The molecule has 0 N–H and O–H groups in total. The number of piperazine rings is 1. The average molecular weight is 375 g/mol. The molecule has 0 radical (unpaired) electrons. The van der Waals surface area contributed by atoms with Crippen molar-refractivity contribution in [2.24, 2.45) is 0 Å². The number of hydrogen-bond donors (Lipinski definition) is 0. The predicted molar refractivity (Wildman–Crippen MR) is 105 cm³/mol. The van der Waals surface area contributed by atoms with Crippen LogP contribution >= 0.6 is 11.3 Å². The maximum Gasteiger partial charge on any atom is 0.264 e. The Morgan fingerprint density at radius 1 is 1.12 bits per heavy atom. The van der Waals surface area contributed by atoms with Gasteiger partial charge in [-0.05, 0) is 45.1 Å². The first-order valence-corrected chi connectivity index (χ1v) is 10.4. The third-order valence-electron chi connectivity index (χ3n) is 5.53. The summed E-state index contributed by atoms with van der Waals surface area (Å²) in [6, 6.07) is 0.0550. The lowest BCUT2D eigenvalue weighted by atomic mass is 9.97. The van der Waals surface area contributed by atoms with Gasteiger partial charge in [0.25, 0.3) is 5.56 Å². The van der Waals surface area contributed by atoms with Crippen LogP contribution in [0.1, 0.15) is 50.1 Å². The molecule has 7 heteroatoms. The summed E-state index contributed by atoms with van der Waals surface area (Å²) in [6.07, 6.45) is 4.44. The highest BCUT2D eigenvalue weighted by molar-refractivity contribution is 7.18. The van der Waals surface area contributed by atoms with Crippen molar-refractivity contribution in [1.82, 2.24) is 14.5 Å². The van der Waals surface area contributed by atoms with Crippen molar-refractivity contribution in [3.8, 4) is 0 Å². The van der Waals surface area contributed by atoms with Crippen molar-refractivity contribution >= 4 is 33.4 Å². The van der Waals surface area contributed by atoms with Gasteiger partial charge in [0.1, 0.15) is 4.83 Å². The average Bonchev–Trinajstić information content (AvgIpc) is 3.00. The number of aryl methyl sites for hydroxylation is 2. The van der Waals surface area contributed by atoms with E-state index in [0.29, 0.717) is 13.1 Å². The molecule has 1 aliphatic carbocycles. The topological polar surface area (TPSA) is 58.4 Å². The van der Waals surface area contributed by atoms with Crippen molar-refractivity contribution < 1.29 is 4.79 Å². The van der Waals surface area contributed by atoms with Crippen molar-refractivity contribution in [3.63, 3.8) is 0 Å². The highest BCUT2D eigenvalue weighted by Gasteiger charge is 2.27. The third kappa shape index (κ3) is 2.82. The first-order chi connectivity index (χ1) is 12.5. The largest absolute Gasteiger partial charge is 0.339 e. The Labute approximate surface area is 157 Å². The minimum Gasteiger partial charge on any atom is -0.339 e. The van der Waals surface area contributed by atoms with Crippen LogP contribution in [0.2, 0.25) is 0 Å². The lowest BCUT2D eigenvalue weighted by Crippen LogP contribution is -2.49. The lowest BCUT2D eigenvalue weighted by molar-refractivity contribution is -0.129. The molecule has 0 spiro atoms. The van der Waals surface area contributed by atoms with E-state index in [1.165, 1.54) is 16.9 Å². The van der Waals surface area contributed by atoms with E-state index in [2.05, 4.69) is 4.90 Å². The van der Waals surface area contributed by atoms with Gasteiger partial charge in [0.05, 0.1) is 5.39 Å². The molecule has 0 atom stereocenters. The summed E-state index contributed by atoms with van der Waals surface area (Å²) >= 11 is 1.70. The third-order valence-corrected chi connectivity index (χ3v) is 6.71. The summed E-state index contributed by atoms with van der Waals surface area (Å²) in [6.45, 7) is 8.50. The molecule has 1 aliphatic heterocycles. The van der Waals surface area contributed by atoms with Crippen LogP contribution in [-0.2, 0) is 17.6 Å². The van der Waals surface area contributed by atoms with Gasteiger partial charge >= 0.3 is 0 Å². The maximum absolute atomic E-state index is 13.4. The lowest BCUT2D eigenvalue weighted by Gasteiger charge is -2.36. The quantitative estimate of drug-likeness (QED) is 0.811. The molecule has 4 rings (SSSR count). The summed E-state index contributed by atoms with van der Waals surface area (Å²) in [5.74, 6) is 0.875. The molecule has 1 amide bonds. The molecule has 26 heavy (non-hydrogen) atoms. The van der Waals surface area contributed by atoms with Gasteiger partial charge in [0.2, 0.25) is 11.9 Å². The summed E-state index contributed by atoms with van der Waals surface area (Å²) in [7, 11) is 0. The number of fused-ring (bicyclic) bond motifs is 3. The first-order valence-electron chi connectivity index (χ1n) is 9.54. The number of carbonyl (C=O) groups is 1. The Kier molecular flexibility index (Phi) is 4.50. The van der Waals surface area contributed by atoms with Gasteiger partial charge < -0.3 is 9.80 Å². The molecule has 2 aliphatic rings. The second kappa shape index (κ2) is 6.68. The zero-order valence-electron chi connectivity index (χ0n) is 15.7. The van der Waals surface area contributed by atoms with Crippen LogP contribution < -0.4 is 10.5 Å². The fourth-order valence-corrected chi connectivity index (χ4v) is 5.36. The van der Waals surface area contributed by atoms with Crippen molar-refractivity contribution in [2.75, 3.05) is 31.1 Å². The second-order valence-corrected chi connectivity index (χ2v) is 8.65. The van der Waals surface area contributed by atoms with Crippen LogP contribution in [0.3, 0.4) is 0 Å². The van der Waals surface area contributed by atoms with Gasteiger partial charge in [-0.3, -0.25) is 14.2 Å². The maximum atomic E-state index is 13.4. The molecular weight excluding hydrogens is 348 g/mol. The molecule has 140 valence electrons. The van der Waals surface area contributed by atoms with E-state index in [0.717, 1.165) is 48.5 Å². The predicted octanol–water partition coefficient (Wildman–Crippen LogP) is 2.59. The minimum atomic E-state index is 0.0550. The number of hydrogen-bond acceptors (Lipinski definition) is 5. The molecule has 2 aromatic rings. The summed E-state index contributed by atoms with van der Waals surface area (Å²) in [5, 5.41) is 0.851. The van der Waals surface area contributed by atoms with E-state index < -0.39 is 0 Å². The summed E-state index contributed by atoms with van der Waals surface area (Å²) in [5.41, 5.74) is 1.35. The zero-order valence-corrected chi connectivity index (χ0v) is 16.6. The monoisotopic (exact) mass is 374 g/mol. The number of nitrogens with zero attached hydrogens (tertiary/aromatic N) is 4. The number of amides is 1. The number of carbonyl (C=O) groups excluding carboxylic acids is 1. The molecule has 0 saturated carbocycles. The molecule has 0 unspecified atom stereocenters. The summed E-state index contributed by atoms with van der Waals surface area (Å²) < 4.78 is 1.85. The normalized spacial score (nSPS) is 17.8. The fraction of sp³-hybridized carbons (Fsp3) is 0.632. The van der Waals surface area contributed by atoms with Crippen LogP contribution in [0.15, 0.2) is 4.79 Å². The number of thiophene rings is 1. The number of aromatic nitrogens is 2. The number of anilines is 1. The zero-order chi connectivity index (χ0) is 18.4. The SMILES string of the molecule is CC(=O)N1CCN(c2nc3sc4c(c3c(=O)n2C(C)C)CCCC4)CC1. The molecule has 6 nitrogen and oxygen atoms in total. The van der Waals surface area contributed by atoms with Gasteiger partial charge in [-0.25, -0.2) is 4.98 Å². The second-order valence-electron chi connectivity index (χ2n) is 7.56. The standard InChI is InChI=1S/C19H26N4O2S/c1-12(2)23-18(25)16-14-6-4-5-7-15(14)26-17(16)20-19(23)22-10-8-21(9-11-22)13(3)24/h12H,4-11H2,1-3H3. The Morgan fingerprint density at radius 2 is 1.81 bits per heavy atom. The smallest absolute Gasteiger partial charge is 0.264 e. The highest BCUT2D eigenvalue weighted by Crippen LogP contribution is 2.35. The molecule has 1 fully saturated rings. The van der Waals surface area contributed by atoms with E-state index in [1.54, 1.807) is 18.3 Å². The van der Waals surface area contributed by atoms with E-state index in [9.17, 15) is 9.59 Å². The van der Waals surface area contributed by atoms with Gasteiger partial charge in [0, 0.05) is 44.0 Å². The minimum absolute atomic E-state index is 0.0550. The Morgan fingerprint density at radius 3 is 2.46 bits per heavy atom. The van der Waals surface area contributed by atoms with Crippen LogP contribution in [0.25, 0.3) is 10.2 Å². The van der Waals surface area contributed by atoms with Crippen LogP contribution in [0.5, 0.6) is 0 Å². The highest BCUT2D eigenvalue weighted by atomic mass is 32.1. The Balaban J connectivity index is 1.81. The Bertz CT molecular complexity index is 906. The first kappa shape index (κ1) is 17.5. The summed E-state index contributed by atoms with van der Waals surface area (Å²) in [4.78, 5) is 36.2. The van der Waals surface area contributed by atoms with Gasteiger partial charge in [-0.1, -0.05) is 0 Å². The van der Waals surface area contributed by atoms with Crippen LogP contribution in [-0.4, -0.2) is 46.5 Å². The van der Waals surface area contributed by atoms with E-state index in [4.69, 9.17) is 4.98 Å². The van der Waals surface area contributed by atoms with Crippen molar-refractivity contribution in [1.29, 1.82) is 0 Å². The molecule has 2 aromatic heterocycles. The molecule has 0 bridgehead atoms. The fourth-order valence-electron chi connectivity index (χ4n) is 4.12. The molecule has 0 aromatic carbocycles. The molecule has 3 heterocycles. The van der Waals surface area contributed by atoms with E-state index in [-0.39, 0.29) is 17.5 Å². The van der Waals surface area contributed by atoms with E-state index in [1.807, 2.05) is 23.3 Å².